The van der Waals surface area contributed by atoms with Crippen molar-refractivity contribution in [2.75, 3.05) is 11.8 Å². The maximum Gasteiger partial charge on any atom is 0.265 e. The molecule has 1 saturated heterocycles. The number of nitrogens with zero attached hydrogens (tertiary/aromatic N) is 1. The van der Waals surface area contributed by atoms with E-state index in [0.717, 1.165) is 4.90 Å². The monoisotopic (exact) mass is 441 g/mol. The van der Waals surface area contributed by atoms with Crippen molar-refractivity contribution >= 4 is 33.4 Å². The van der Waals surface area contributed by atoms with Crippen LogP contribution in [-0.2, 0) is 14.8 Å². The van der Waals surface area contributed by atoms with Gasteiger partial charge in [0.15, 0.2) is 0 Å². The van der Waals surface area contributed by atoms with Crippen LogP contribution >= 0.6 is 0 Å². The molecule has 160 valence electrons. The number of carbonyl (C=O) groups is 3. The Hall–Kier alpha value is -3.66. The summed E-state index contributed by atoms with van der Waals surface area (Å²) in [6, 6.07) is 9.22. The molecular weight excluding hydrogens is 422 g/mol. The first-order chi connectivity index (χ1) is 14.7. The number of methoxy groups -OCH3 is 1. The Balaban J connectivity index is 1.63. The maximum absolute atomic E-state index is 12.9. The molecule has 0 spiro atoms. The van der Waals surface area contributed by atoms with Crippen molar-refractivity contribution in [2.24, 2.45) is 0 Å². The van der Waals surface area contributed by atoms with Crippen molar-refractivity contribution in [3.63, 3.8) is 0 Å². The molecule has 10 heteroatoms. The Bertz CT molecular complexity index is 1240. The second-order valence-corrected chi connectivity index (χ2v) is 8.80. The summed E-state index contributed by atoms with van der Waals surface area (Å²) in [4.78, 5) is 38.8. The van der Waals surface area contributed by atoms with E-state index >= 15 is 0 Å². The van der Waals surface area contributed by atoms with E-state index in [2.05, 4.69) is 16.6 Å². The molecule has 2 heterocycles. The van der Waals surface area contributed by atoms with Crippen LogP contribution in [-0.4, -0.2) is 44.2 Å². The van der Waals surface area contributed by atoms with Gasteiger partial charge in [0, 0.05) is 11.4 Å². The first-order valence-electron chi connectivity index (χ1n) is 9.39. The van der Waals surface area contributed by atoms with Crippen LogP contribution in [0.4, 0.5) is 5.69 Å². The number of benzene rings is 2. The van der Waals surface area contributed by atoms with Crippen molar-refractivity contribution in [1.82, 2.24) is 10.2 Å². The van der Waals surface area contributed by atoms with E-state index in [4.69, 9.17) is 4.74 Å². The fourth-order valence-electron chi connectivity index (χ4n) is 3.67. The molecule has 0 bridgehead atoms. The zero-order valence-electron chi connectivity index (χ0n) is 16.5. The van der Waals surface area contributed by atoms with Crippen molar-refractivity contribution in [1.29, 1.82) is 0 Å². The molecular formula is C21H19N3O6S. The molecule has 3 amide bonds. The predicted molar refractivity (Wildman–Crippen MR) is 111 cm³/mol. The normalized spacial score (nSPS) is 18.6. The minimum Gasteiger partial charge on any atom is -0.495 e. The number of ether oxygens (including phenoxy) is 1. The summed E-state index contributed by atoms with van der Waals surface area (Å²) in [6.45, 7) is 3.69. The minimum absolute atomic E-state index is 0.0300. The summed E-state index contributed by atoms with van der Waals surface area (Å²) in [5.74, 6) is -1.54. The van der Waals surface area contributed by atoms with Gasteiger partial charge in [-0.05, 0) is 43.2 Å². The molecule has 2 aliphatic rings. The number of piperidine rings is 1. The summed E-state index contributed by atoms with van der Waals surface area (Å²) in [5, 5.41) is 2.56. The number of fused-ring (bicyclic) bond motifs is 1. The highest BCUT2D eigenvalue weighted by Crippen LogP contribution is 2.31. The van der Waals surface area contributed by atoms with Gasteiger partial charge in [-0.25, -0.2) is 8.42 Å². The van der Waals surface area contributed by atoms with Crippen molar-refractivity contribution in [2.45, 2.75) is 23.8 Å². The molecule has 2 N–H and O–H groups in total. The van der Waals surface area contributed by atoms with Gasteiger partial charge in [-0.2, -0.15) is 0 Å². The third-order valence-corrected chi connectivity index (χ3v) is 6.58. The van der Waals surface area contributed by atoms with Crippen LogP contribution in [0.2, 0.25) is 0 Å². The predicted octanol–water partition coefficient (Wildman–Crippen LogP) is 1.88. The summed E-state index contributed by atoms with van der Waals surface area (Å²) >= 11 is 0. The molecule has 1 fully saturated rings. The number of para-hydroxylation sites is 1. The number of nitrogens with one attached hydrogen (secondary N) is 2. The number of rotatable bonds is 5. The van der Waals surface area contributed by atoms with Gasteiger partial charge in [0.05, 0.1) is 18.2 Å². The van der Waals surface area contributed by atoms with Crippen LogP contribution in [0.1, 0.15) is 33.6 Å². The van der Waals surface area contributed by atoms with E-state index in [-0.39, 0.29) is 33.9 Å². The largest absolute Gasteiger partial charge is 0.495 e. The standard InChI is InChI=1S/C21H19N3O6S/c1-12-7-10-16(19(25)22-12)24-20(26)14-9-8-13(11-15(14)21(24)27)23-31(28,29)18-6-4-3-5-17(18)30-2/h3-6,8-9,11,16,23H,1,7,10H2,2H3,(H,22,25). The fraction of sp³-hybridized carbons (Fsp3) is 0.190. The van der Waals surface area contributed by atoms with E-state index in [9.17, 15) is 22.8 Å². The highest BCUT2D eigenvalue weighted by atomic mass is 32.2. The number of carbonyl (C=O) groups excluding carboxylic acids is 3. The van der Waals surface area contributed by atoms with Crippen LogP contribution in [0.5, 0.6) is 5.75 Å². The number of allylic oxidation sites excluding steroid dienone is 1. The van der Waals surface area contributed by atoms with E-state index in [1.807, 2.05) is 0 Å². The minimum atomic E-state index is -4.01. The van der Waals surface area contributed by atoms with Crippen LogP contribution < -0.4 is 14.8 Å². The highest BCUT2D eigenvalue weighted by Gasteiger charge is 2.44. The fourth-order valence-corrected chi connectivity index (χ4v) is 4.89. The molecule has 1 atom stereocenters. The third-order valence-electron chi connectivity index (χ3n) is 5.16. The van der Waals surface area contributed by atoms with Gasteiger partial charge >= 0.3 is 0 Å². The van der Waals surface area contributed by atoms with Gasteiger partial charge in [0.2, 0.25) is 5.91 Å². The van der Waals surface area contributed by atoms with Gasteiger partial charge in [-0.3, -0.25) is 24.0 Å². The Kier molecular flexibility index (Phi) is 5.02. The van der Waals surface area contributed by atoms with Gasteiger partial charge in [0.1, 0.15) is 16.7 Å². The highest BCUT2D eigenvalue weighted by molar-refractivity contribution is 7.92. The molecule has 2 aromatic carbocycles. The average molecular weight is 441 g/mol. The van der Waals surface area contributed by atoms with Crippen LogP contribution in [0, 0.1) is 0 Å². The van der Waals surface area contributed by atoms with Crippen LogP contribution in [0.3, 0.4) is 0 Å². The molecule has 2 aliphatic heterocycles. The summed E-state index contributed by atoms with van der Waals surface area (Å²) in [7, 11) is -2.65. The van der Waals surface area contributed by atoms with E-state index in [0.29, 0.717) is 12.1 Å². The van der Waals surface area contributed by atoms with Gasteiger partial charge < -0.3 is 10.1 Å². The lowest BCUT2D eigenvalue weighted by molar-refractivity contribution is -0.125. The van der Waals surface area contributed by atoms with E-state index in [1.165, 1.54) is 37.4 Å². The first-order valence-corrected chi connectivity index (χ1v) is 10.9. The van der Waals surface area contributed by atoms with Crippen LogP contribution in [0.15, 0.2) is 59.6 Å². The molecule has 0 radical (unpaired) electrons. The van der Waals surface area contributed by atoms with Crippen LogP contribution in [0.25, 0.3) is 0 Å². The number of amides is 3. The van der Waals surface area contributed by atoms with E-state index in [1.54, 1.807) is 12.1 Å². The summed E-state index contributed by atoms with van der Waals surface area (Å²) < 4.78 is 33.1. The zero-order valence-corrected chi connectivity index (χ0v) is 17.4. The number of hydrogen-bond acceptors (Lipinski definition) is 6. The third kappa shape index (κ3) is 3.55. The Morgan fingerprint density at radius 3 is 2.52 bits per heavy atom. The quantitative estimate of drug-likeness (QED) is 0.684. The molecule has 2 aromatic rings. The first kappa shape index (κ1) is 20.6. The topological polar surface area (TPSA) is 122 Å². The number of hydrogen-bond donors (Lipinski definition) is 2. The Morgan fingerprint density at radius 1 is 1.10 bits per heavy atom. The number of imide groups is 1. The van der Waals surface area contributed by atoms with Crippen molar-refractivity contribution < 1.29 is 27.5 Å². The Morgan fingerprint density at radius 2 is 1.81 bits per heavy atom. The van der Waals surface area contributed by atoms with Crippen molar-refractivity contribution in [3.8, 4) is 5.75 Å². The summed E-state index contributed by atoms with van der Waals surface area (Å²) in [6.07, 6.45) is 0.733. The molecule has 4 rings (SSSR count). The maximum atomic E-state index is 12.9. The lowest BCUT2D eigenvalue weighted by Crippen LogP contribution is -2.51. The van der Waals surface area contributed by atoms with Gasteiger partial charge in [-0.15, -0.1) is 0 Å². The molecule has 9 nitrogen and oxygen atoms in total. The number of anilines is 1. The van der Waals surface area contributed by atoms with Gasteiger partial charge in [-0.1, -0.05) is 18.7 Å². The van der Waals surface area contributed by atoms with E-state index < -0.39 is 33.8 Å². The molecule has 1 unspecified atom stereocenters. The molecule has 0 saturated carbocycles. The molecule has 0 aliphatic carbocycles. The summed E-state index contributed by atoms with van der Waals surface area (Å²) in [5.41, 5.74) is 0.782. The Labute approximate surface area is 178 Å². The number of sulfonamides is 1. The average Bonchev–Trinajstić information content (AvgIpc) is 2.98. The SMILES string of the molecule is C=C1CCC(N2C(=O)c3ccc(NS(=O)(=O)c4ccccc4OC)cc3C2=O)C(=O)N1. The molecule has 31 heavy (non-hydrogen) atoms. The van der Waals surface area contributed by atoms with Gasteiger partial charge in [0.25, 0.3) is 21.8 Å². The smallest absolute Gasteiger partial charge is 0.265 e. The lowest BCUT2D eigenvalue weighted by Gasteiger charge is -2.29. The molecule has 0 aromatic heterocycles. The lowest BCUT2D eigenvalue weighted by atomic mass is 10.0. The second kappa shape index (κ2) is 7.55. The second-order valence-electron chi connectivity index (χ2n) is 7.14. The zero-order chi connectivity index (χ0) is 22.3. The van der Waals surface area contributed by atoms with Crippen molar-refractivity contribution in [3.05, 3.63) is 65.9 Å².